The number of halogens is 5. The van der Waals surface area contributed by atoms with Gasteiger partial charge in [-0.1, -0.05) is 48.0 Å². The zero-order valence-electron chi connectivity index (χ0n) is 22.0. The monoisotopic (exact) mass is 627 g/mol. The van der Waals surface area contributed by atoms with Crippen molar-refractivity contribution in [2.24, 2.45) is 0 Å². The van der Waals surface area contributed by atoms with Crippen LogP contribution in [0.1, 0.15) is 21.5 Å². The first-order valence-electron chi connectivity index (χ1n) is 12.5. The number of alkyl halides is 3. The molecule has 0 aliphatic heterocycles. The average Bonchev–Trinajstić information content (AvgIpc) is 2.98. The van der Waals surface area contributed by atoms with Crippen LogP contribution < -0.4 is 16.0 Å². The maximum atomic E-state index is 14.3. The number of hydrogen-bond acceptors (Lipinski definition) is 4. The van der Waals surface area contributed by atoms with Gasteiger partial charge in [0.15, 0.2) is 0 Å². The molecule has 4 aromatic carbocycles. The van der Waals surface area contributed by atoms with Crippen LogP contribution in [0.5, 0.6) is 0 Å². The molecule has 0 radical (unpaired) electrons. The zero-order chi connectivity index (χ0) is 31.0. The van der Waals surface area contributed by atoms with Crippen molar-refractivity contribution in [2.75, 3.05) is 16.4 Å². The Bertz CT molecular complexity index is 1660. The molecule has 43 heavy (non-hydrogen) atoms. The van der Waals surface area contributed by atoms with Crippen LogP contribution in [0.2, 0.25) is 5.02 Å². The number of rotatable bonds is 9. The van der Waals surface area contributed by atoms with Crippen molar-refractivity contribution in [3.05, 3.63) is 130 Å². The minimum atomic E-state index is -4.70. The fourth-order valence-corrected chi connectivity index (χ4v) is 4.59. The summed E-state index contributed by atoms with van der Waals surface area (Å²) in [5, 5.41) is 7.31. The standard InChI is InChI=1S/C31H22ClF4N3O3S/c32-21-10-15-26(24(17-21)31(34,35)36)38-28(40)18-43-23-13-11-22(12-14-23)37-30(42)27(16-20-8-4-5-9-25(20)33)39-29(41)19-6-2-1-3-7-19/h1-17H,18H2,(H,37,42)(H,38,40)(H,39,41)/b27-16-. The molecule has 0 aliphatic carbocycles. The molecule has 6 nitrogen and oxygen atoms in total. The van der Waals surface area contributed by atoms with Crippen LogP contribution in [0, 0.1) is 5.82 Å². The van der Waals surface area contributed by atoms with Gasteiger partial charge < -0.3 is 16.0 Å². The Hall–Kier alpha value is -4.61. The quantitative estimate of drug-likeness (QED) is 0.101. The second kappa shape index (κ2) is 14.0. The molecular weight excluding hydrogens is 606 g/mol. The molecule has 0 saturated carbocycles. The molecule has 0 bridgehead atoms. The van der Waals surface area contributed by atoms with E-state index in [1.165, 1.54) is 30.3 Å². The van der Waals surface area contributed by atoms with Crippen LogP contribution in [-0.4, -0.2) is 23.5 Å². The molecule has 0 unspecified atom stereocenters. The topological polar surface area (TPSA) is 87.3 Å². The lowest BCUT2D eigenvalue weighted by atomic mass is 10.1. The Balaban J connectivity index is 1.41. The van der Waals surface area contributed by atoms with E-state index < -0.39 is 41.0 Å². The Labute approximate surface area is 253 Å². The Morgan fingerprint density at radius 1 is 0.837 bits per heavy atom. The second-order valence-electron chi connectivity index (χ2n) is 8.90. The molecule has 0 spiro atoms. The molecule has 3 amide bonds. The van der Waals surface area contributed by atoms with Gasteiger partial charge in [-0.3, -0.25) is 14.4 Å². The third-order valence-corrected chi connectivity index (χ3v) is 7.02. The van der Waals surface area contributed by atoms with Crippen molar-refractivity contribution in [3.63, 3.8) is 0 Å². The van der Waals surface area contributed by atoms with E-state index in [-0.39, 0.29) is 22.0 Å². The highest BCUT2D eigenvalue weighted by atomic mass is 35.5. The lowest BCUT2D eigenvalue weighted by molar-refractivity contribution is -0.137. The Morgan fingerprint density at radius 2 is 1.51 bits per heavy atom. The van der Waals surface area contributed by atoms with Gasteiger partial charge in [-0.25, -0.2) is 4.39 Å². The van der Waals surface area contributed by atoms with Gasteiger partial charge in [0, 0.05) is 26.7 Å². The summed E-state index contributed by atoms with van der Waals surface area (Å²) in [5.74, 6) is -2.71. The van der Waals surface area contributed by atoms with Crippen molar-refractivity contribution in [2.45, 2.75) is 11.1 Å². The molecule has 4 aromatic rings. The van der Waals surface area contributed by atoms with E-state index in [1.807, 2.05) is 0 Å². The number of hydrogen-bond donors (Lipinski definition) is 3. The van der Waals surface area contributed by atoms with Crippen LogP contribution in [0.3, 0.4) is 0 Å². The zero-order valence-corrected chi connectivity index (χ0v) is 23.6. The van der Waals surface area contributed by atoms with Crippen molar-refractivity contribution < 1.29 is 31.9 Å². The van der Waals surface area contributed by atoms with Gasteiger partial charge >= 0.3 is 6.18 Å². The molecule has 0 aromatic heterocycles. The van der Waals surface area contributed by atoms with Crippen LogP contribution in [0.25, 0.3) is 6.08 Å². The van der Waals surface area contributed by atoms with Crippen molar-refractivity contribution in [1.82, 2.24) is 5.32 Å². The van der Waals surface area contributed by atoms with E-state index in [2.05, 4.69) is 16.0 Å². The highest BCUT2D eigenvalue weighted by molar-refractivity contribution is 8.00. The average molecular weight is 628 g/mol. The van der Waals surface area contributed by atoms with Crippen LogP contribution >= 0.6 is 23.4 Å². The van der Waals surface area contributed by atoms with E-state index >= 15 is 0 Å². The van der Waals surface area contributed by atoms with Gasteiger partial charge in [0.25, 0.3) is 11.8 Å². The Kier molecular flexibility index (Phi) is 10.2. The number of amides is 3. The van der Waals surface area contributed by atoms with E-state index in [9.17, 15) is 31.9 Å². The summed E-state index contributed by atoms with van der Waals surface area (Å²) in [6.45, 7) is 0. The number of nitrogens with one attached hydrogen (secondary N) is 3. The summed E-state index contributed by atoms with van der Waals surface area (Å²) in [6, 6.07) is 23.3. The maximum Gasteiger partial charge on any atom is 0.418 e. The number of benzene rings is 4. The minimum absolute atomic E-state index is 0.0898. The summed E-state index contributed by atoms with van der Waals surface area (Å²) in [7, 11) is 0. The smallest absolute Gasteiger partial charge is 0.325 e. The molecule has 0 heterocycles. The van der Waals surface area contributed by atoms with E-state index in [0.717, 1.165) is 23.9 Å². The predicted octanol–water partition coefficient (Wildman–Crippen LogP) is 7.64. The summed E-state index contributed by atoms with van der Waals surface area (Å²) < 4.78 is 54.2. The summed E-state index contributed by atoms with van der Waals surface area (Å²) in [6.07, 6.45) is -3.48. The lowest BCUT2D eigenvalue weighted by Gasteiger charge is -2.14. The minimum Gasteiger partial charge on any atom is -0.325 e. The normalized spacial score (nSPS) is 11.5. The number of thioether (sulfide) groups is 1. The van der Waals surface area contributed by atoms with Crippen molar-refractivity contribution in [3.8, 4) is 0 Å². The van der Waals surface area contributed by atoms with Crippen molar-refractivity contribution >= 4 is 58.5 Å². The lowest BCUT2D eigenvalue weighted by Crippen LogP contribution is -2.30. The van der Waals surface area contributed by atoms with Crippen LogP contribution in [0.4, 0.5) is 28.9 Å². The van der Waals surface area contributed by atoms with Gasteiger partial charge in [-0.05, 0) is 66.7 Å². The first-order valence-corrected chi connectivity index (χ1v) is 13.9. The highest BCUT2D eigenvalue weighted by Gasteiger charge is 2.34. The molecular formula is C31H22ClF4N3O3S. The van der Waals surface area contributed by atoms with E-state index in [1.54, 1.807) is 60.7 Å². The molecule has 0 saturated heterocycles. The fourth-order valence-electron chi connectivity index (χ4n) is 3.72. The van der Waals surface area contributed by atoms with Crippen LogP contribution in [0.15, 0.2) is 108 Å². The first-order chi connectivity index (χ1) is 20.5. The molecule has 0 aliphatic rings. The third kappa shape index (κ3) is 8.94. The Morgan fingerprint density at radius 3 is 2.19 bits per heavy atom. The van der Waals surface area contributed by atoms with Gasteiger partial charge in [-0.15, -0.1) is 11.8 Å². The van der Waals surface area contributed by atoms with Gasteiger partial charge in [0.1, 0.15) is 11.5 Å². The third-order valence-electron chi connectivity index (χ3n) is 5.78. The van der Waals surface area contributed by atoms with Crippen molar-refractivity contribution in [1.29, 1.82) is 0 Å². The van der Waals surface area contributed by atoms with E-state index in [4.69, 9.17) is 11.6 Å². The molecule has 0 fully saturated rings. The summed E-state index contributed by atoms with van der Waals surface area (Å²) >= 11 is 6.74. The fraction of sp³-hybridized carbons (Fsp3) is 0.0645. The highest BCUT2D eigenvalue weighted by Crippen LogP contribution is 2.36. The van der Waals surface area contributed by atoms with E-state index in [0.29, 0.717) is 16.1 Å². The summed E-state index contributed by atoms with van der Waals surface area (Å²) in [5.41, 5.74) is -0.934. The maximum absolute atomic E-state index is 14.3. The predicted molar refractivity (Wildman–Crippen MR) is 159 cm³/mol. The number of carbonyl (C=O) groups excluding carboxylic acids is 3. The molecule has 220 valence electrons. The van der Waals surface area contributed by atoms with Crippen LogP contribution in [-0.2, 0) is 15.8 Å². The SMILES string of the molecule is O=C(CSc1ccc(NC(=O)/C(=C/c2ccccc2F)NC(=O)c2ccccc2)cc1)Nc1ccc(Cl)cc1C(F)(F)F. The van der Waals surface area contributed by atoms with Gasteiger partial charge in [0.2, 0.25) is 5.91 Å². The molecule has 3 N–H and O–H groups in total. The number of carbonyl (C=O) groups is 3. The molecule has 0 atom stereocenters. The molecule has 12 heteroatoms. The number of anilines is 2. The second-order valence-corrected chi connectivity index (χ2v) is 10.4. The molecule has 4 rings (SSSR count). The van der Waals surface area contributed by atoms with Gasteiger partial charge in [-0.2, -0.15) is 13.2 Å². The first kappa shape index (κ1) is 31.3. The summed E-state index contributed by atoms with van der Waals surface area (Å²) in [4.78, 5) is 38.8. The largest absolute Gasteiger partial charge is 0.418 e. The van der Waals surface area contributed by atoms with Gasteiger partial charge in [0.05, 0.1) is 17.0 Å².